The third kappa shape index (κ3) is 2.98. The quantitative estimate of drug-likeness (QED) is 0.815. The van der Waals surface area contributed by atoms with Crippen LogP contribution in [0.2, 0.25) is 0 Å². The van der Waals surface area contributed by atoms with E-state index < -0.39 is 0 Å². The van der Waals surface area contributed by atoms with Gasteiger partial charge >= 0.3 is 0 Å². The van der Waals surface area contributed by atoms with Crippen molar-refractivity contribution in [2.45, 2.75) is 31.7 Å². The van der Waals surface area contributed by atoms with Crippen LogP contribution in [0.4, 0.5) is 5.69 Å². The predicted octanol–water partition coefficient (Wildman–Crippen LogP) is 0.841. The molecule has 1 amide bonds. The Kier molecular flexibility index (Phi) is 3.81. The molecule has 1 aliphatic rings. The fourth-order valence-corrected chi connectivity index (χ4v) is 2.29. The minimum Gasteiger partial charge on any atom is -0.328 e. The van der Waals surface area contributed by atoms with E-state index in [0.29, 0.717) is 5.69 Å². The lowest BCUT2D eigenvalue weighted by atomic mass is 9.86. The zero-order chi connectivity index (χ0) is 13.1. The van der Waals surface area contributed by atoms with Gasteiger partial charge in [0.15, 0.2) is 0 Å². The molecule has 0 spiro atoms. The van der Waals surface area contributed by atoms with E-state index in [1.165, 1.54) is 10.6 Å². The molecule has 5 nitrogen and oxygen atoms in total. The van der Waals surface area contributed by atoms with Crippen molar-refractivity contribution in [3.8, 4) is 0 Å². The van der Waals surface area contributed by atoms with Gasteiger partial charge in [-0.05, 0) is 31.7 Å². The van der Waals surface area contributed by atoms with E-state index in [4.69, 9.17) is 5.73 Å². The molecule has 0 atom stereocenters. The van der Waals surface area contributed by atoms with E-state index in [1.807, 2.05) is 0 Å². The van der Waals surface area contributed by atoms with Gasteiger partial charge in [-0.2, -0.15) is 0 Å². The normalized spacial score (nSPS) is 23.7. The van der Waals surface area contributed by atoms with Gasteiger partial charge < -0.3 is 15.6 Å². The summed E-state index contributed by atoms with van der Waals surface area (Å²) in [5.74, 6) is 0.0718. The van der Waals surface area contributed by atoms with E-state index >= 15 is 0 Å². The summed E-state index contributed by atoms with van der Waals surface area (Å²) < 4.78 is 1.45. The van der Waals surface area contributed by atoms with E-state index in [2.05, 4.69) is 5.32 Å². The Morgan fingerprint density at radius 2 is 2.00 bits per heavy atom. The van der Waals surface area contributed by atoms with Crippen molar-refractivity contribution >= 4 is 11.6 Å². The summed E-state index contributed by atoms with van der Waals surface area (Å²) in [6.45, 7) is 0. The third-order valence-electron chi connectivity index (χ3n) is 3.50. The van der Waals surface area contributed by atoms with Crippen molar-refractivity contribution in [1.82, 2.24) is 4.57 Å². The number of nitrogens with one attached hydrogen (secondary N) is 1. The molecule has 5 heteroatoms. The molecule has 0 aromatic carbocycles. The van der Waals surface area contributed by atoms with E-state index in [0.717, 1.165) is 25.7 Å². The summed E-state index contributed by atoms with van der Waals surface area (Å²) in [5.41, 5.74) is 6.39. The standard InChI is InChI=1S/C13H19N3O2/c1-16-8-11(6-7-12(16)17)15-13(18)9-2-4-10(14)5-3-9/h6-10H,2-5,14H2,1H3,(H,15,18). The lowest BCUT2D eigenvalue weighted by Gasteiger charge is -2.25. The minimum atomic E-state index is -0.0864. The van der Waals surface area contributed by atoms with Gasteiger partial charge in [-0.25, -0.2) is 0 Å². The molecule has 0 bridgehead atoms. The maximum absolute atomic E-state index is 12.0. The summed E-state index contributed by atoms with van der Waals surface area (Å²) in [5, 5.41) is 2.86. The highest BCUT2D eigenvalue weighted by Crippen LogP contribution is 2.24. The number of hydrogen-bond acceptors (Lipinski definition) is 3. The summed E-state index contributed by atoms with van der Waals surface area (Å²) in [7, 11) is 1.66. The highest BCUT2D eigenvalue weighted by molar-refractivity contribution is 5.92. The molecule has 1 aromatic rings. The third-order valence-corrected chi connectivity index (χ3v) is 3.50. The van der Waals surface area contributed by atoms with Crippen LogP contribution in [-0.2, 0) is 11.8 Å². The topological polar surface area (TPSA) is 77.1 Å². The molecule has 1 saturated carbocycles. The van der Waals surface area contributed by atoms with Crippen LogP contribution < -0.4 is 16.6 Å². The SMILES string of the molecule is Cn1cc(NC(=O)C2CCC(N)CC2)ccc1=O. The van der Waals surface area contributed by atoms with Crippen LogP contribution in [0.3, 0.4) is 0 Å². The predicted molar refractivity (Wildman–Crippen MR) is 70.2 cm³/mol. The van der Waals surface area contributed by atoms with E-state index in [9.17, 15) is 9.59 Å². The molecule has 1 aliphatic carbocycles. The van der Waals surface area contributed by atoms with Gasteiger partial charge in [0.2, 0.25) is 11.5 Å². The van der Waals surface area contributed by atoms with Crippen LogP contribution in [0.15, 0.2) is 23.1 Å². The highest BCUT2D eigenvalue weighted by Gasteiger charge is 2.24. The number of rotatable bonds is 2. The van der Waals surface area contributed by atoms with Crippen molar-refractivity contribution in [2.24, 2.45) is 18.7 Å². The van der Waals surface area contributed by atoms with Crippen molar-refractivity contribution < 1.29 is 4.79 Å². The average Bonchev–Trinajstić information content (AvgIpc) is 2.34. The average molecular weight is 249 g/mol. The second-order valence-electron chi connectivity index (χ2n) is 4.97. The maximum Gasteiger partial charge on any atom is 0.250 e. The maximum atomic E-state index is 12.0. The Balaban J connectivity index is 1.98. The Hall–Kier alpha value is -1.62. The van der Waals surface area contributed by atoms with Crippen LogP contribution in [0.25, 0.3) is 0 Å². The summed E-state index contributed by atoms with van der Waals surface area (Å²) in [6, 6.07) is 3.33. The number of anilines is 1. The fourth-order valence-electron chi connectivity index (χ4n) is 2.29. The molecule has 3 N–H and O–H groups in total. The summed E-state index contributed by atoms with van der Waals surface area (Å²) in [4.78, 5) is 23.3. The first-order valence-electron chi connectivity index (χ1n) is 6.29. The van der Waals surface area contributed by atoms with Gasteiger partial charge in [0.05, 0.1) is 5.69 Å². The number of amides is 1. The Morgan fingerprint density at radius 3 is 2.61 bits per heavy atom. The molecule has 0 saturated heterocycles. The molecular formula is C13H19N3O2. The monoisotopic (exact) mass is 249 g/mol. The molecule has 98 valence electrons. The van der Waals surface area contributed by atoms with Gasteiger partial charge in [-0.3, -0.25) is 9.59 Å². The fraction of sp³-hybridized carbons (Fsp3) is 0.538. The van der Waals surface area contributed by atoms with Crippen LogP contribution in [-0.4, -0.2) is 16.5 Å². The lowest BCUT2D eigenvalue weighted by Crippen LogP contribution is -2.32. The molecule has 2 rings (SSSR count). The van der Waals surface area contributed by atoms with Gasteiger partial charge in [0, 0.05) is 31.3 Å². The number of pyridine rings is 1. The number of nitrogens with zero attached hydrogens (tertiary/aromatic N) is 1. The molecule has 1 fully saturated rings. The number of hydrogen-bond donors (Lipinski definition) is 2. The first kappa shape index (κ1) is 12.8. The smallest absolute Gasteiger partial charge is 0.250 e. The molecular weight excluding hydrogens is 230 g/mol. The number of nitrogens with two attached hydrogens (primary N) is 1. The van der Waals surface area contributed by atoms with Crippen molar-refractivity contribution in [3.63, 3.8) is 0 Å². The molecule has 1 aromatic heterocycles. The Labute approximate surface area is 106 Å². The van der Waals surface area contributed by atoms with Crippen molar-refractivity contribution in [1.29, 1.82) is 0 Å². The zero-order valence-electron chi connectivity index (χ0n) is 10.6. The molecule has 0 radical (unpaired) electrons. The van der Waals surface area contributed by atoms with Crippen LogP contribution >= 0.6 is 0 Å². The van der Waals surface area contributed by atoms with Crippen LogP contribution in [0, 0.1) is 5.92 Å². The highest BCUT2D eigenvalue weighted by atomic mass is 16.2. The zero-order valence-corrected chi connectivity index (χ0v) is 10.6. The first-order valence-corrected chi connectivity index (χ1v) is 6.29. The lowest BCUT2D eigenvalue weighted by molar-refractivity contribution is -0.120. The summed E-state index contributed by atoms with van der Waals surface area (Å²) >= 11 is 0. The van der Waals surface area contributed by atoms with Crippen molar-refractivity contribution in [3.05, 3.63) is 28.7 Å². The number of carbonyl (C=O) groups excluding carboxylic acids is 1. The van der Waals surface area contributed by atoms with Gasteiger partial charge in [-0.1, -0.05) is 0 Å². The van der Waals surface area contributed by atoms with Gasteiger partial charge in [0.25, 0.3) is 0 Å². The van der Waals surface area contributed by atoms with E-state index in [1.54, 1.807) is 19.3 Å². The van der Waals surface area contributed by atoms with Crippen molar-refractivity contribution in [2.75, 3.05) is 5.32 Å². The van der Waals surface area contributed by atoms with Crippen LogP contribution in [0.5, 0.6) is 0 Å². The number of carbonyl (C=O) groups is 1. The van der Waals surface area contributed by atoms with Crippen LogP contribution in [0.1, 0.15) is 25.7 Å². The second kappa shape index (κ2) is 5.35. The second-order valence-corrected chi connectivity index (χ2v) is 4.97. The number of aromatic nitrogens is 1. The Morgan fingerprint density at radius 1 is 1.33 bits per heavy atom. The largest absolute Gasteiger partial charge is 0.328 e. The van der Waals surface area contributed by atoms with Gasteiger partial charge in [0.1, 0.15) is 0 Å². The molecule has 18 heavy (non-hydrogen) atoms. The molecule has 1 heterocycles. The molecule has 0 aliphatic heterocycles. The number of aryl methyl sites for hydroxylation is 1. The van der Waals surface area contributed by atoms with Gasteiger partial charge in [-0.15, -0.1) is 0 Å². The van der Waals surface area contributed by atoms with E-state index in [-0.39, 0.29) is 23.4 Å². The first-order chi connectivity index (χ1) is 8.56. The molecule has 0 unspecified atom stereocenters. The minimum absolute atomic E-state index is 0.0283. The Bertz CT molecular complexity index is 487. The summed E-state index contributed by atoms with van der Waals surface area (Å²) in [6.07, 6.45) is 5.14.